The molecule has 2 fully saturated rings. The summed E-state index contributed by atoms with van der Waals surface area (Å²) in [6, 6.07) is 8.69. The fourth-order valence-electron chi connectivity index (χ4n) is 3.28. The van der Waals surface area contributed by atoms with Crippen LogP contribution in [0.15, 0.2) is 35.2 Å². The van der Waals surface area contributed by atoms with E-state index < -0.39 is 9.84 Å². The van der Waals surface area contributed by atoms with E-state index in [4.69, 9.17) is 0 Å². The molecule has 1 aliphatic heterocycles. The molecule has 1 heterocycles. The van der Waals surface area contributed by atoms with E-state index in [-0.39, 0.29) is 5.25 Å². The normalized spacial score (nSPS) is 32.6. The number of fused-ring (bicyclic) bond motifs is 1. The van der Waals surface area contributed by atoms with Crippen LogP contribution < -0.4 is 0 Å². The molecule has 2 aliphatic rings. The van der Waals surface area contributed by atoms with Crippen molar-refractivity contribution in [3.8, 4) is 0 Å². The molecule has 3 atom stereocenters. The summed E-state index contributed by atoms with van der Waals surface area (Å²) in [6.45, 7) is 1.23. The highest BCUT2D eigenvalue weighted by Crippen LogP contribution is 2.41. The summed E-state index contributed by atoms with van der Waals surface area (Å²) in [5, 5.41) is 10.5. The van der Waals surface area contributed by atoms with Crippen molar-refractivity contribution in [2.45, 2.75) is 23.0 Å². The monoisotopic (exact) mass is 267 g/mol. The molecule has 0 bridgehead atoms. The molecule has 3 rings (SSSR count). The maximum atomic E-state index is 12.5. The van der Waals surface area contributed by atoms with Crippen molar-refractivity contribution >= 4 is 9.84 Å². The maximum absolute atomic E-state index is 12.5. The largest absolute Gasteiger partial charge is 0.314 e. The van der Waals surface area contributed by atoms with Gasteiger partial charge in [0.05, 0.1) is 10.1 Å². The average Bonchev–Trinajstić information content (AvgIpc) is 2.87. The van der Waals surface area contributed by atoms with Crippen LogP contribution in [0.1, 0.15) is 12.8 Å². The third-order valence-corrected chi connectivity index (χ3v) is 6.39. The first-order chi connectivity index (χ1) is 8.57. The fourth-order valence-corrected chi connectivity index (χ4v) is 5.20. The molecule has 0 radical (unpaired) electrons. The molecule has 5 heteroatoms. The third kappa shape index (κ3) is 1.96. The van der Waals surface area contributed by atoms with Crippen molar-refractivity contribution in [1.29, 1.82) is 0 Å². The molecule has 1 aromatic rings. The van der Waals surface area contributed by atoms with Gasteiger partial charge >= 0.3 is 0 Å². The highest BCUT2D eigenvalue weighted by atomic mass is 32.2. The van der Waals surface area contributed by atoms with Gasteiger partial charge in [0, 0.05) is 13.1 Å². The summed E-state index contributed by atoms with van der Waals surface area (Å²) in [6.07, 6.45) is 1.36. The molecule has 98 valence electrons. The standard InChI is InChI=1S/C13H17NO3S/c15-14-8-10-6-13(7-11(10)9-14)18(16,17)12-4-2-1-3-5-12/h1-5,10-11,13,15H,6-9H2/t10-,11?,13?/m0/s1. The van der Waals surface area contributed by atoms with Crippen LogP contribution in [-0.4, -0.2) is 37.0 Å². The van der Waals surface area contributed by atoms with Gasteiger partial charge in [-0.05, 0) is 36.8 Å². The van der Waals surface area contributed by atoms with E-state index in [9.17, 15) is 13.6 Å². The van der Waals surface area contributed by atoms with Crippen molar-refractivity contribution in [2.75, 3.05) is 13.1 Å². The van der Waals surface area contributed by atoms with Crippen molar-refractivity contribution in [3.05, 3.63) is 30.3 Å². The van der Waals surface area contributed by atoms with E-state index in [0.717, 1.165) is 0 Å². The average molecular weight is 267 g/mol. The topological polar surface area (TPSA) is 57.6 Å². The number of hydrogen-bond acceptors (Lipinski definition) is 4. The van der Waals surface area contributed by atoms with E-state index in [1.165, 1.54) is 5.06 Å². The Hall–Kier alpha value is -0.910. The second kappa shape index (κ2) is 4.33. The van der Waals surface area contributed by atoms with Crippen LogP contribution in [0.2, 0.25) is 0 Å². The van der Waals surface area contributed by atoms with Gasteiger partial charge in [0.2, 0.25) is 0 Å². The predicted octanol–water partition coefficient (Wildman–Crippen LogP) is 1.56. The van der Waals surface area contributed by atoms with Crippen molar-refractivity contribution in [2.24, 2.45) is 11.8 Å². The van der Waals surface area contributed by atoms with Gasteiger partial charge in [0.15, 0.2) is 9.84 Å². The first-order valence-corrected chi connectivity index (χ1v) is 7.85. The van der Waals surface area contributed by atoms with Gasteiger partial charge in [0.25, 0.3) is 0 Å². The minimum Gasteiger partial charge on any atom is -0.314 e. The van der Waals surface area contributed by atoms with Crippen LogP contribution in [0, 0.1) is 11.8 Å². The van der Waals surface area contributed by atoms with Crippen molar-refractivity contribution in [1.82, 2.24) is 5.06 Å². The lowest BCUT2D eigenvalue weighted by molar-refractivity contribution is -0.0749. The Labute approximate surface area is 107 Å². The Morgan fingerprint density at radius 2 is 1.61 bits per heavy atom. The zero-order valence-corrected chi connectivity index (χ0v) is 10.9. The van der Waals surface area contributed by atoms with Gasteiger partial charge in [-0.3, -0.25) is 0 Å². The van der Waals surface area contributed by atoms with Gasteiger partial charge < -0.3 is 5.21 Å². The number of nitrogens with zero attached hydrogens (tertiary/aromatic N) is 1. The number of hydrogen-bond donors (Lipinski definition) is 1. The molecule has 0 amide bonds. The molecular weight excluding hydrogens is 250 g/mol. The Kier molecular flexibility index (Phi) is 2.92. The van der Waals surface area contributed by atoms with E-state index in [1.807, 2.05) is 6.07 Å². The third-order valence-electron chi connectivity index (χ3n) is 4.20. The van der Waals surface area contributed by atoms with Crippen molar-refractivity contribution < 1.29 is 13.6 Å². The van der Waals surface area contributed by atoms with Gasteiger partial charge in [-0.15, -0.1) is 0 Å². The SMILES string of the molecule is O=S(=O)(c1ccccc1)C1CC2CN(O)C[C@@H]2C1. The molecule has 18 heavy (non-hydrogen) atoms. The van der Waals surface area contributed by atoms with Crippen LogP contribution in [-0.2, 0) is 9.84 Å². The summed E-state index contributed by atoms with van der Waals surface area (Å²) < 4.78 is 24.9. The molecule has 1 aromatic carbocycles. The first kappa shape index (κ1) is 12.1. The number of rotatable bonds is 2. The van der Waals surface area contributed by atoms with Gasteiger partial charge in [-0.25, -0.2) is 8.42 Å². The zero-order chi connectivity index (χ0) is 12.8. The lowest BCUT2D eigenvalue weighted by Crippen LogP contribution is -2.23. The van der Waals surface area contributed by atoms with Crippen molar-refractivity contribution in [3.63, 3.8) is 0 Å². The zero-order valence-electron chi connectivity index (χ0n) is 10.1. The molecule has 4 nitrogen and oxygen atoms in total. The molecule has 1 aliphatic carbocycles. The number of benzene rings is 1. The summed E-state index contributed by atoms with van der Waals surface area (Å²) in [7, 11) is -3.20. The summed E-state index contributed by atoms with van der Waals surface area (Å²) in [5.74, 6) is 0.664. The second-order valence-corrected chi connectivity index (χ2v) is 7.57. The predicted molar refractivity (Wildman–Crippen MR) is 67.0 cm³/mol. The number of hydroxylamine groups is 2. The Morgan fingerprint density at radius 1 is 1.06 bits per heavy atom. The van der Waals surface area contributed by atoms with Crippen LogP contribution in [0.3, 0.4) is 0 Å². The summed E-state index contributed by atoms with van der Waals surface area (Å²) >= 11 is 0. The van der Waals surface area contributed by atoms with Gasteiger partial charge in [0.1, 0.15) is 0 Å². The molecular formula is C13H17NO3S. The minimum atomic E-state index is -3.20. The van der Waals surface area contributed by atoms with E-state index >= 15 is 0 Å². The fraction of sp³-hybridized carbons (Fsp3) is 0.538. The first-order valence-electron chi connectivity index (χ1n) is 6.30. The minimum absolute atomic E-state index is 0.274. The van der Waals surface area contributed by atoms with Crippen LogP contribution in [0.5, 0.6) is 0 Å². The lowest BCUT2D eigenvalue weighted by atomic mass is 10.0. The summed E-state index contributed by atoms with van der Waals surface area (Å²) in [4.78, 5) is 0.427. The van der Waals surface area contributed by atoms with E-state index in [2.05, 4.69) is 0 Å². The van der Waals surface area contributed by atoms with Crippen LogP contribution in [0.4, 0.5) is 0 Å². The number of sulfone groups is 1. The van der Waals surface area contributed by atoms with E-state index in [1.54, 1.807) is 24.3 Å². The smallest absolute Gasteiger partial charge is 0.181 e. The quantitative estimate of drug-likeness (QED) is 0.883. The molecule has 1 saturated carbocycles. The highest BCUT2D eigenvalue weighted by molar-refractivity contribution is 7.92. The Morgan fingerprint density at radius 3 is 2.17 bits per heavy atom. The molecule has 0 aromatic heterocycles. The Bertz CT molecular complexity index is 514. The van der Waals surface area contributed by atoms with Gasteiger partial charge in [-0.1, -0.05) is 18.2 Å². The highest BCUT2D eigenvalue weighted by Gasteiger charge is 2.45. The van der Waals surface area contributed by atoms with Crippen LogP contribution in [0.25, 0.3) is 0 Å². The molecule has 1 N–H and O–H groups in total. The Balaban J connectivity index is 1.81. The van der Waals surface area contributed by atoms with Gasteiger partial charge in [-0.2, -0.15) is 5.06 Å². The lowest BCUT2D eigenvalue weighted by Gasteiger charge is -2.14. The summed E-state index contributed by atoms with van der Waals surface area (Å²) in [5.41, 5.74) is 0. The molecule has 0 spiro atoms. The second-order valence-electron chi connectivity index (χ2n) is 5.34. The van der Waals surface area contributed by atoms with Crippen LogP contribution >= 0.6 is 0 Å². The maximum Gasteiger partial charge on any atom is 0.181 e. The van der Waals surface area contributed by atoms with E-state index in [0.29, 0.717) is 42.7 Å². The molecule has 1 saturated heterocycles. The molecule has 2 unspecified atom stereocenters.